The Morgan fingerprint density at radius 3 is 2.87 bits per heavy atom. The summed E-state index contributed by atoms with van der Waals surface area (Å²) in [5.74, 6) is 0.489. The zero-order valence-electron chi connectivity index (χ0n) is 9.13. The molecule has 0 radical (unpaired) electrons. The highest BCUT2D eigenvalue weighted by Crippen LogP contribution is 2.24. The molecule has 2 amide bonds. The molecular weight excluding hydrogens is 188 g/mol. The first-order chi connectivity index (χ1) is 7.16. The summed E-state index contributed by atoms with van der Waals surface area (Å²) in [5, 5.41) is 5.66. The van der Waals surface area contributed by atoms with Crippen molar-refractivity contribution < 1.29 is 4.79 Å². The van der Waals surface area contributed by atoms with Gasteiger partial charge in [0.2, 0.25) is 0 Å². The quantitative estimate of drug-likeness (QED) is 0.725. The third-order valence-electron chi connectivity index (χ3n) is 2.73. The van der Waals surface area contributed by atoms with Crippen LogP contribution in [0.15, 0.2) is 18.2 Å². The molecule has 0 atom stereocenters. The number of carbonyl (C=O) groups excluding carboxylic acids is 1. The van der Waals surface area contributed by atoms with Crippen LogP contribution in [0.4, 0.5) is 10.5 Å². The Hall–Kier alpha value is -1.51. The van der Waals surface area contributed by atoms with Crippen LogP contribution >= 0.6 is 0 Å². The largest absolute Gasteiger partial charge is 0.338 e. The fourth-order valence-electron chi connectivity index (χ4n) is 1.76. The molecule has 1 aromatic rings. The van der Waals surface area contributed by atoms with E-state index in [0.29, 0.717) is 12.5 Å². The summed E-state index contributed by atoms with van der Waals surface area (Å²) in [6, 6.07) is 6.22. The van der Waals surface area contributed by atoms with Gasteiger partial charge in [-0.15, -0.1) is 0 Å². The molecule has 2 rings (SSSR count). The van der Waals surface area contributed by atoms with Crippen molar-refractivity contribution in [2.24, 2.45) is 0 Å². The van der Waals surface area contributed by atoms with Crippen LogP contribution in [0.25, 0.3) is 0 Å². The minimum absolute atomic E-state index is 0.102. The molecule has 0 saturated carbocycles. The third-order valence-corrected chi connectivity index (χ3v) is 2.73. The number of benzene rings is 1. The lowest BCUT2D eigenvalue weighted by molar-refractivity contribution is 0.252. The molecular formula is C12H16N2O. The lowest BCUT2D eigenvalue weighted by Crippen LogP contribution is -2.27. The molecule has 0 bridgehead atoms. The van der Waals surface area contributed by atoms with E-state index >= 15 is 0 Å². The number of nitrogens with one attached hydrogen (secondary N) is 2. The minimum Gasteiger partial charge on any atom is -0.338 e. The molecule has 1 aromatic carbocycles. The van der Waals surface area contributed by atoms with Gasteiger partial charge in [-0.3, -0.25) is 0 Å². The predicted molar refractivity (Wildman–Crippen MR) is 61.3 cm³/mol. The molecule has 80 valence electrons. The second-order valence-electron chi connectivity index (χ2n) is 4.20. The summed E-state index contributed by atoms with van der Waals surface area (Å²) in [4.78, 5) is 11.3. The Morgan fingerprint density at radius 2 is 2.13 bits per heavy atom. The number of hydrogen-bond donors (Lipinski definition) is 2. The molecule has 3 nitrogen and oxygen atoms in total. The summed E-state index contributed by atoms with van der Waals surface area (Å²) in [6.45, 7) is 5.01. The van der Waals surface area contributed by atoms with Gasteiger partial charge in [0, 0.05) is 12.2 Å². The van der Waals surface area contributed by atoms with Crippen LogP contribution in [0.3, 0.4) is 0 Å². The molecule has 15 heavy (non-hydrogen) atoms. The molecule has 0 unspecified atom stereocenters. The summed E-state index contributed by atoms with van der Waals surface area (Å²) < 4.78 is 0. The van der Waals surface area contributed by atoms with Gasteiger partial charge in [0.1, 0.15) is 0 Å². The van der Waals surface area contributed by atoms with Gasteiger partial charge >= 0.3 is 6.03 Å². The van der Waals surface area contributed by atoms with Crippen molar-refractivity contribution in [3.63, 3.8) is 0 Å². The van der Waals surface area contributed by atoms with Gasteiger partial charge in [0.15, 0.2) is 0 Å². The topological polar surface area (TPSA) is 41.1 Å². The van der Waals surface area contributed by atoms with Gasteiger partial charge in [0.25, 0.3) is 0 Å². The number of rotatable bonds is 1. The van der Waals surface area contributed by atoms with Crippen molar-refractivity contribution in [1.29, 1.82) is 0 Å². The minimum atomic E-state index is -0.102. The zero-order valence-corrected chi connectivity index (χ0v) is 9.13. The van der Waals surface area contributed by atoms with E-state index in [-0.39, 0.29) is 6.03 Å². The van der Waals surface area contributed by atoms with Crippen LogP contribution in [-0.2, 0) is 6.42 Å². The van der Waals surface area contributed by atoms with Crippen molar-refractivity contribution in [3.8, 4) is 0 Å². The Morgan fingerprint density at radius 1 is 1.33 bits per heavy atom. The van der Waals surface area contributed by atoms with E-state index < -0.39 is 0 Å². The molecule has 1 heterocycles. The average Bonchev–Trinajstić information content (AvgIpc) is 2.37. The Kier molecular flexibility index (Phi) is 2.62. The second-order valence-corrected chi connectivity index (χ2v) is 4.20. The number of anilines is 1. The molecule has 3 heteroatoms. The number of urea groups is 1. The van der Waals surface area contributed by atoms with E-state index in [1.54, 1.807) is 0 Å². The van der Waals surface area contributed by atoms with E-state index in [2.05, 4.69) is 42.7 Å². The van der Waals surface area contributed by atoms with E-state index in [4.69, 9.17) is 0 Å². The molecule has 2 N–H and O–H groups in total. The molecule has 0 aromatic heterocycles. The monoisotopic (exact) mass is 204 g/mol. The first-order valence-corrected chi connectivity index (χ1v) is 5.34. The lowest BCUT2D eigenvalue weighted by Gasteiger charge is -2.10. The molecule has 0 fully saturated rings. The molecule has 0 aliphatic carbocycles. The van der Waals surface area contributed by atoms with Crippen LogP contribution in [0.2, 0.25) is 0 Å². The lowest BCUT2D eigenvalue weighted by atomic mass is 9.99. The molecule has 0 saturated heterocycles. The highest BCUT2D eigenvalue weighted by atomic mass is 16.2. The maximum atomic E-state index is 11.3. The Balaban J connectivity index is 2.37. The highest BCUT2D eigenvalue weighted by molar-refractivity contribution is 5.91. The number of amides is 2. The van der Waals surface area contributed by atoms with E-state index in [0.717, 1.165) is 12.1 Å². The van der Waals surface area contributed by atoms with E-state index in [9.17, 15) is 4.79 Å². The molecule has 0 spiro atoms. The van der Waals surface area contributed by atoms with Gasteiger partial charge in [-0.2, -0.15) is 0 Å². The normalized spacial score (nSPS) is 15.3. The number of hydrogen-bond acceptors (Lipinski definition) is 1. The zero-order chi connectivity index (χ0) is 10.8. The first-order valence-electron chi connectivity index (χ1n) is 5.34. The SMILES string of the molecule is CC(C)c1ccc2c(c1)NC(=O)NCC2. The summed E-state index contributed by atoms with van der Waals surface area (Å²) >= 11 is 0. The standard InChI is InChI=1S/C12H16N2O/c1-8(2)10-4-3-9-5-6-13-12(15)14-11(9)7-10/h3-4,7-8H,5-6H2,1-2H3,(H2,13,14,15). The number of fused-ring (bicyclic) bond motifs is 1. The number of carbonyl (C=O) groups is 1. The van der Waals surface area contributed by atoms with Crippen molar-refractivity contribution >= 4 is 11.7 Å². The Labute approximate surface area is 89.9 Å². The van der Waals surface area contributed by atoms with Gasteiger partial charge in [-0.25, -0.2) is 4.79 Å². The summed E-state index contributed by atoms with van der Waals surface area (Å²) in [5.41, 5.74) is 3.42. The van der Waals surface area contributed by atoms with Crippen molar-refractivity contribution in [1.82, 2.24) is 5.32 Å². The highest BCUT2D eigenvalue weighted by Gasteiger charge is 2.12. The van der Waals surface area contributed by atoms with Crippen LogP contribution in [0, 0.1) is 0 Å². The predicted octanol–water partition coefficient (Wildman–Crippen LogP) is 2.49. The molecule has 1 aliphatic heterocycles. The van der Waals surface area contributed by atoms with Crippen molar-refractivity contribution in [2.45, 2.75) is 26.2 Å². The maximum absolute atomic E-state index is 11.3. The molecule has 1 aliphatic rings. The average molecular weight is 204 g/mol. The van der Waals surface area contributed by atoms with Crippen molar-refractivity contribution in [3.05, 3.63) is 29.3 Å². The first kappa shape index (κ1) is 10.0. The van der Waals surface area contributed by atoms with Gasteiger partial charge in [-0.05, 0) is 29.5 Å². The maximum Gasteiger partial charge on any atom is 0.319 e. The van der Waals surface area contributed by atoms with Crippen LogP contribution in [0.5, 0.6) is 0 Å². The Bertz CT molecular complexity index is 385. The van der Waals surface area contributed by atoms with E-state index in [1.807, 2.05) is 0 Å². The van der Waals surface area contributed by atoms with Crippen LogP contribution in [0.1, 0.15) is 30.9 Å². The van der Waals surface area contributed by atoms with Crippen LogP contribution < -0.4 is 10.6 Å². The van der Waals surface area contributed by atoms with Gasteiger partial charge < -0.3 is 10.6 Å². The summed E-state index contributed by atoms with van der Waals surface area (Å²) in [7, 11) is 0. The van der Waals surface area contributed by atoms with Gasteiger partial charge in [0.05, 0.1) is 0 Å². The van der Waals surface area contributed by atoms with Gasteiger partial charge in [-0.1, -0.05) is 26.0 Å². The fraction of sp³-hybridized carbons (Fsp3) is 0.417. The smallest absolute Gasteiger partial charge is 0.319 e. The third kappa shape index (κ3) is 2.12. The van der Waals surface area contributed by atoms with E-state index in [1.165, 1.54) is 11.1 Å². The van der Waals surface area contributed by atoms with Crippen LogP contribution in [-0.4, -0.2) is 12.6 Å². The summed E-state index contributed by atoms with van der Waals surface area (Å²) in [6.07, 6.45) is 0.895. The fourth-order valence-corrected chi connectivity index (χ4v) is 1.76. The second kappa shape index (κ2) is 3.93. The van der Waals surface area contributed by atoms with Crippen molar-refractivity contribution in [2.75, 3.05) is 11.9 Å².